The molecule has 2 aromatic carbocycles. The predicted molar refractivity (Wildman–Crippen MR) is 168 cm³/mol. The lowest BCUT2D eigenvalue weighted by molar-refractivity contribution is -0.122. The first-order chi connectivity index (χ1) is 18.9. The Labute approximate surface area is 247 Å². The summed E-state index contributed by atoms with van der Waals surface area (Å²) in [7, 11) is -1.97. The topological polar surface area (TPSA) is 76.1 Å². The maximum absolute atomic E-state index is 13.4. The van der Waals surface area contributed by atoms with E-state index in [1.807, 2.05) is 42.5 Å². The second-order valence-electron chi connectivity index (χ2n) is 12.1. The number of carbonyl (C=O) groups is 2. The molecule has 0 spiro atoms. The molecule has 6 rings (SSSR count). The predicted octanol–water partition coefficient (Wildman–Crippen LogP) is 8.00. The molecule has 3 heterocycles. The van der Waals surface area contributed by atoms with Crippen LogP contribution >= 0.6 is 27.5 Å². The number of halogens is 2. The number of allylic oxidation sites excluding steroid dienone is 1. The highest BCUT2D eigenvalue weighted by Crippen LogP contribution is 2.46. The Morgan fingerprint density at radius 2 is 1.75 bits per heavy atom. The Morgan fingerprint density at radius 1 is 1.02 bits per heavy atom. The van der Waals surface area contributed by atoms with Gasteiger partial charge in [-0.15, -0.1) is 0 Å². The quantitative estimate of drug-likeness (QED) is 0.132. The third kappa shape index (κ3) is 4.33. The summed E-state index contributed by atoms with van der Waals surface area (Å²) >= 11 is 10.8. The lowest BCUT2D eigenvalue weighted by Crippen LogP contribution is -2.43. The Kier molecular flexibility index (Phi) is 6.53. The molecule has 0 unspecified atom stereocenters. The first-order valence-electron chi connectivity index (χ1n) is 13.4. The molecule has 2 aliphatic rings. The SMILES string of the molecule is CC(C)(C)[Si](C)(C)O[C@H]1C=C[C@@H](n2c(Cl)c(C3=C(c4c[nH]c5ccccc45)C(=O)NC3=O)c3cc(Br)ccc32)C1. The number of hydrogen-bond acceptors (Lipinski definition) is 3. The van der Waals surface area contributed by atoms with Crippen LogP contribution < -0.4 is 5.32 Å². The molecule has 2 amide bonds. The van der Waals surface area contributed by atoms with E-state index >= 15 is 0 Å². The summed E-state index contributed by atoms with van der Waals surface area (Å²) in [6, 6.07) is 13.6. The molecule has 0 bridgehead atoms. The summed E-state index contributed by atoms with van der Waals surface area (Å²) in [6.45, 7) is 11.2. The Morgan fingerprint density at radius 3 is 2.50 bits per heavy atom. The Balaban J connectivity index is 1.51. The number of H-pyrrole nitrogens is 1. The zero-order chi connectivity index (χ0) is 28.6. The number of fused-ring (bicyclic) bond motifs is 2. The number of para-hydroxylation sites is 1. The maximum atomic E-state index is 13.4. The number of aromatic nitrogens is 2. The minimum Gasteiger partial charge on any atom is -0.410 e. The van der Waals surface area contributed by atoms with Gasteiger partial charge in [0.25, 0.3) is 11.8 Å². The van der Waals surface area contributed by atoms with Crippen LogP contribution in [-0.4, -0.2) is 35.8 Å². The van der Waals surface area contributed by atoms with Crippen molar-refractivity contribution in [3.05, 3.63) is 81.6 Å². The summed E-state index contributed by atoms with van der Waals surface area (Å²) in [5.74, 6) is -0.882. The Hall–Kier alpha value is -2.91. The molecule has 0 saturated carbocycles. The van der Waals surface area contributed by atoms with Crippen molar-refractivity contribution < 1.29 is 14.0 Å². The normalized spacial score (nSPS) is 20.0. The zero-order valence-corrected chi connectivity index (χ0v) is 26.4. The molecule has 4 aromatic rings. The van der Waals surface area contributed by atoms with E-state index in [0.717, 1.165) is 32.7 Å². The molecular formula is C31H31BrClN3O3Si. The number of aromatic amines is 1. The van der Waals surface area contributed by atoms with Crippen LogP contribution in [0.3, 0.4) is 0 Å². The van der Waals surface area contributed by atoms with Gasteiger partial charge in [0.05, 0.1) is 28.8 Å². The summed E-state index contributed by atoms with van der Waals surface area (Å²) in [5, 5.41) is 4.72. The fourth-order valence-electron chi connectivity index (χ4n) is 5.53. The van der Waals surface area contributed by atoms with Gasteiger partial charge in [0.1, 0.15) is 5.15 Å². The highest BCUT2D eigenvalue weighted by Gasteiger charge is 2.41. The molecule has 2 aromatic heterocycles. The summed E-state index contributed by atoms with van der Waals surface area (Å²) in [6.07, 6.45) is 6.78. The van der Waals surface area contributed by atoms with Gasteiger partial charge in [-0.1, -0.05) is 78.7 Å². The molecule has 206 valence electrons. The van der Waals surface area contributed by atoms with Crippen molar-refractivity contribution in [1.29, 1.82) is 0 Å². The summed E-state index contributed by atoms with van der Waals surface area (Å²) in [5.41, 5.74) is 3.62. The van der Waals surface area contributed by atoms with Crippen LogP contribution in [0, 0.1) is 0 Å². The molecule has 2 atom stereocenters. The molecule has 0 fully saturated rings. The molecule has 0 saturated heterocycles. The van der Waals surface area contributed by atoms with Gasteiger partial charge in [-0.3, -0.25) is 14.9 Å². The van der Waals surface area contributed by atoms with E-state index in [1.54, 1.807) is 6.20 Å². The first kappa shape index (κ1) is 27.3. The molecule has 1 aliphatic carbocycles. The van der Waals surface area contributed by atoms with E-state index in [0.29, 0.717) is 21.9 Å². The first-order valence-corrected chi connectivity index (χ1v) is 17.5. The zero-order valence-electron chi connectivity index (χ0n) is 23.1. The van der Waals surface area contributed by atoms with Gasteiger partial charge in [0.2, 0.25) is 0 Å². The van der Waals surface area contributed by atoms with E-state index in [-0.39, 0.29) is 22.8 Å². The van der Waals surface area contributed by atoms with Crippen molar-refractivity contribution in [2.75, 3.05) is 0 Å². The van der Waals surface area contributed by atoms with Gasteiger partial charge in [-0.25, -0.2) is 0 Å². The number of carbonyl (C=O) groups excluding carboxylic acids is 2. The number of nitrogens with one attached hydrogen (secondary N) is 2. The minimum absolute atomic E-state index is 0.0179. The third-order valence-corrected chi connectivity index (χ3v) is 13.9. The van der Waals surface area contributed by atoms with E-state index in [1.165, 1.54) is 0 Å². The molecule has 1 aliphatic heterocycles. The summed E-state index contributed by atoms with van der Waals surface area (Å²) in [4.78, 5) is 29.9. The lowest BCUT2D eigenvalue weighted by Gasteiger charge is -2.38. The van der Waals surface area contributed by atoms with E-state index in [4.69, 9.17) is 16.0 Å². The van der Waals surface area contributed by atoms with E-state index in [2.05, 4.69) is 76.8 Å². The maximum Gasteiger partial charge on any atom is 0.259 e. The van der Waals surface area contributed by atoms with Gasteiger partial charge < -0.3 is 14.0 Å². The van der Waals surface area contributed by atoms with Crippen molar-refractivity contribution in [3.63, 3.8) is 0 Å². The van der Waals surface area contributed by atoms with Crippen molar-refractivity contribution in [1.82, 2.24) is 14.9 Å². The van der Waals surface area contributed by atoms with Crippen molar-refractivity contribution in [3.8, 4) is 0 Å². The van der Waals surface area contributed by atoms with Gasteiger partial charge >= 0.3 is 0 Å². The number of amides is 2. The Bertz CT molecular complexity index is 1780. The minimum atomic E-state index is -1.97. The molecule has 9 heteroatoms. The number of imide groups is 1. The van der Waals surface area contributed by atoms with Crippen molar-refractivity contribution in [2.24, 2.45) is 0 Å². The van der Waals surface area contributed by atoms with Crippen LogP contribution in [0.2, 0.25) is 23.3 Å². The number of benzene rings is 2. The van der Waals surface area contributed by atoms with Gasteiger partial charge in [0, 0.05) is 44.5 Å². The lowest BCUT2D eigenvalue weighted by atomic mass is 9.95. The molecular weight excluding hydrogens is 606 g/mol. The molecule has 2 N–H and O–H groups in total. The van der Waals surface area contributed by atoms with Gasteiger partial charge in [-0.05, 0) is 42.4 Å². The van der Waals surface area contributed by atoms with Crippen LogP contribution in [0.4, 0.5) is 0 Å². The number of rotatable bonds is 5. The molecule has 0 radical (unpaired) electrons. The van der Waals surface area contributed by atoms with Crippen LogP contribution in [-0.2, 0) is 14.0 Å². The summed E-state index contributed by atoms with van der Waals surface area (Å²) < 4.78 is 9.62. The standard InChI is InChI=1S/C31H31BrClN3O3Si/c1-31(2,3)40(4,5)39-19-12-11-18(15-19)36-24-13-10-17(32)14-21(24)25(28(36)33)27-26(29(37)35-30(27)38)22-16-34-23-9-7-6-8-20(22)23/h6-14,16,18-19,34H,15H2,1-5H3,(H,35,37,38)/t18-,19+/m1/s1. The highest BCUT2D eigenvalue weighted by atomic mass is 79.9. The smallest absolute Gasteiger partial charge is 0.259 e. The largest absolute Gasteiger partial charge is 0.410 e. The molecule has 6 nitrogen and oxygen atoms in total. The number of nitrogens with zero attached hydrogens (tertiary/aromatic N) is 1. The average Bonchev–Trinajstić information content (AvgIpc) is 3.62. The second-order valence-corrected chi connectivity index (χ2v) is 18.1. The van der Waals surface area contributed by atoms with Crippen LogP contribution in [0.15, 0.2) is 65.3 Å². The van der Waals surface area contributed by atoms with Crippen LogP contribution in [0.5, 0.6) is 0 Å². The fourth-order valence-corrected chi connectivity index (χ4v) is 7.59. The highest BCUT2D eigenvalue weighted by molar-refractivity contribution is 9.10. The van der Waals surface area contributed by atoms with Crippen molar-refractivity contribution >= 4 is 80.6 Å². The van der Waals surface area contributed by atoms with Crippen molar-refractivity contribution in [2.45, 2.75) is 57.5 Å². The van der Waals surface area contributed by atoms with E-state index in [9.17, 15) is 9.59 Å². The number of hydrogen-bond donors (Lipinski definition) is 2. The van der Waals surface area contributed by atoms with Gasteiger partial charge in [0.15, 0.2) is 8.32 Å². The average molecular weight is 637 g/mol. The van der Waals surface area contributed by atoms with Gasteiger partial charge in [-0.2, -0.15) is 0 Å². The monoisotopic (exact) mass is 635 g/mol. The van der Waals surface area contributed by atoms with E-state index < -0.39 is 20.1 Å². The third-order valence-electron chi connectivity index (χ3n) is 8.55. The molecule has 40 heavy (non-hydrogen) atoms. The van der Waals surface area contributed by atoms with Crippen LogP contribution in [0.25, 0.3) is 33.0 Å². The second kappa shape index (κ2) is 9.58. The fraction of sp³-hybridized carbons (Fsp3) is 0.290. The van der Waals surface area contributed by atoms with Crippen LogP contribution in [0.1, 0.15) is 44.4 Å².